The molecule has 1 amide bonds. The molecule has 2 N–H and O–H groups in total. The monoisotopic (exact) mass is 305 g/mol. The van der Waals surface area contributed by atoms with Crippen molar-refractivity contribution in [3.05, 3.63) is 65.0 Å². The Morgan fingerprint density at radius 2 is 2.04 bits per heavy atom. The Kier molecular flexibility index (Phi) is 3.37. The van der Waals surface area contributed by atoms with E-state index in [4.69, 9.17) is 0 Å². The largest absolute Gasteiger partial charge is 0.349 e. The Morgan fingerprint density at radius 3 is 2.91 bits per heavy atom. The van der Waals surface area contributed by atoms with Gasteiger partial charge in [0.25, 0.3) is 5.91 Å². The summed E-state index contributed by atoms with van der Waals surface area (Å²) in [6.45, 7) is 1.92. The molecule has 0 aliphatic heterocycles. The van der Waals surface area contributed by atoms with E-state index in [9.17, 15) is 4.79 Å². The lowest BCUT2D eigenvalue weighted by atomic mass is 9.88. The molecule has 4 heteroatoms. The van der Waals surface area contributed by atoms with Crippen molar-refractivity contribution in [1.82, 2.24) is 15.3 Å². The molecule has 0 saturated heterocycles. The fraction of sp³-hybridized carbons (Fsp3) is 0.263. The number of H-pyrrole nitrogens is 1. The van der Waals surface area contributed by atoms with E-state index >= 15 is 0 Å². The standard InChI is InChI=1S/C19H19N3O/c1-12-20-17-9-7-15(11-18(17)21-12)19(23)22-16-8-6-13-4-2-3-5-14(13)10-16/h2-5,7,9,11,16H,6,8,10H2,1H3,(H,20,21)(H,22,23)/t16-/m1/s1. The number of amides is 1. The topological polar surface area (TPSA) is 57.8 Å². The van der Waals surface area contributed by atoms with Gasteiger partial charge in [0.1, 0.15) is 5.82 Å². The molecule has 1 atom stereocenters. The number of nitrogens with zero attached hydrogens (tertiary/aromatic N) is 1. The molecule has 4 rings (SSSR count). The number of fused-ring (bicyclic) bond motifs is 2. The first-order valence-electron chi connectivity index (χ1n) is 8.03. The Hall–Kier alpha value is -2.62. The highest BCUT2D eigenvalue weighted by Crippen LogP contribution is 2.21. The van der Waals surface area contributed by atoms with Crippen LogP contribution in [-0.4, -0.2) is 21.9 Å². The maximum atomic E-state index is 12.5. The lowest BCUT2D eigenvalue weighted by Gasteiger charge is -2.25. The predicted molar refractivity (Wildman–Crippen MR) is 90.6 cm³/mol. The summed E-state index contributed by atoms with van der Waals surface area (Å²) < 4.78 is 0. The molecule has 0 saturated carbocycles. The molecule has 0 radical (unpaired) electrons. The Balaban J connectivity index is 1.51. The van der Waals surface area contributed by atoms with Crippen LogP contribution in [0.4, 0.5) is 0 Å². The first-order valence-corrected chi connectivity index (χ1v) is 8.03. The van der Waals surface area contributed by atoms with Crippen LogP contribution < -0.4 is 5.32 Å². The summed E-state index contributed by atoms with van der Waals surface area (Å²) in [6.07, 6.45) is 2.93. The summed E-state index contributed by atoms with van der Waals surface area (Å²) in [5.41, 5.74) is 5.23. The van der Waals surface area contributed by atoms with Gasteiger partial charge in [0.2, 0.25) is 0 Å². The van der Waals surface area contributed by atoms with Gasteiger partial charge in [-0.25, -0.2) is 4.98 Å². The zero-order valence-electron chi connectivity index (χ0n) is 13.1. The van der Waals surface area contributed by atoms with Crippen molar-refractivity contribution >= 4 is 16.9 Å². The molecule has 0 unspecified atom stereocenters. The van der Waals surface area contributed by atoms with Gasteiger partial charge in [0, 0.05) is 11.6 Å². The van der Waals surface area contributed by atoms with E-state index in [0.29, 0.717) is 5.56 Å². The molecular formula is C19H19N3O. The number of hydrogen-bond donors (Lipinski definition) is 2. The first-order chi connectivity index (χ1) is 11.2. The summed E-state index contributed by atoms with van der Waals surface area (Å²) >= 11 is 0. The number of nitrogens with one attached hydrogen (secondary N) is 2. The van der Waals surface area contributed by atoms with Crippen molar-refractivity contribution in [1.29, 1.82) is 0 Å². The zero-order valence-corrected chi connectivity index (χ0v) is 13.1. The summed E-state index contributed by atoms with van der Waals surface area (Å²) in [4.78, 5) is 20.1. The number of carbonyl (C=O) groups excluding carboxylic acids is 1. The van der Waals surface area contributed by atoms with E-state index in [1.165, 1.54) is 11.1 Å². The number of benzene rings is 2. The van der Waals surface area contributed by atoms with E-state index < -0.39 is 0 Å². The third-order valence-electron chi connectivity index (χ3n) is 4.55. The van der Waals surface area contributed by atoms with Crippen LogP contribution in [0.1, 0.15) is 33.7 Å². The first kappa shape index (κ1) is 14.0. The van der Waals surface area contributed by atoms with E-state index in [0.717, 1.165) is 36.1 Å². The Bertz CT molecular complexity index is 881. The molecule has 4 nitrogen and oxygen atoms in total. The van der Waals surface area contributed by atoms with Gasteiger partial charge in [0.05, 0.1) is 11.0 Å². The minimum absolute atomic E-state index is 0.0167. The normalized spacial score (nSPS) is 17.0. The second-order valence-electron chi connectivity index (χ2n) is 6.24. The summed E-state index contributed by atoms with van der Waals surface area (Å²) in [5.74, 6) is 0.846. The smallest absolute Gasteiger partial charge is 0.251 e. The van der Waals surface area contributed by atoms with Crippen LogP contribution in [0.2, 0.25) is 0 Å². The zero-order chi connectivity index (χ0) is 15.8. The lowest BCUT2D eigenvalue weighted by Crippen LogP contribution is -2.38. The van der Waals surface area contributed by atoms with Gasteiger partial charge in [-0.15, -0.1) is 0 Å². The number of aryl methyl sites for hydroxylation is 2. The number of hydrogen-bond acceptors (Lipinski definition) is 2. The molecule has 0 spiro atoms. The number of rotatable bonds is 2. The van der Waals surface area contributed by atoms with Crippen LogP contribution in [0.3, 0.4) is 0 Å². The van der Waals surface area contributed by atoms with Crippen molar-refractivity contribution in [2.45, 2.75) is 32.2 Å². The number of carbonyl (C=O) groups is 1. The van der Waals surface area contributed by atoms with Gasteiger partial charge in [0.15, 0.2) is 0 Å². The van der Waals surface area contributed by atoms with Gasteiger partial charge >= 0.3 is 0 Å². The lowest BCUT2D eigenvalue weighted by molar-refractivity contribution is 0.0934. The van der Waals surface area contributed by atoms with Gasteiger partial charge in [-0.05, 0) is 55.5 Å². The van der Waals surface area contributed by atoms with Crippen LogP contribution in [0.15, 0.2) is 42.5 Å². The second kappa shape index (κ2) is 5.54. The van der Waals surface area contributed by atoms with Gasteiger partial charge < -0.3 is 10.3 Å². The molecule has 1 heterocycles. The number of imidazole rings is 1. The average Bonchev–Trinajstić information content (AvgIpc) is 2.93. The van der Waals surface area contributed by atoms with Gasteiger partial charge in [-0.1, -0.05) is 24.3 Å². The maximum Gasteiger partial charge on any atom is 0.251 e. The average molecular weight is 305 g/mol. The molecular weight excluding hydrogens is 286 g/mol. The van der Waals surface area contributed by atoms with Crippen molar-refractivity contribution in [2.75, 3.05) is 0 Å². The van der Waals surface area contributed by atoms with Crippen LogP contribution in [0, 0.1) is 6.92 Å². The van der Waals surface area contributed by atoms with E-state index in [1.807, 2.05) is 25.1 Å². The van der Waals surface area contributed by atoms with Gasteiger partial charge in [-0.3, -0.25) is 4.79 Å². The molecule has 1 aliphatic carbocycles. The molecule has 116 valence electrons. The maximum absolute atomic E-state index is 12.5. The quantitative estimate of drug-likeness (QED) is 0.764. The SMILES string of the molecule is Cc1nc2cc(C(=O)N[C@@H]3CCc4ccccc4C3)ccc2[nH]1. The van der Waals surface area contributed by atoms with E-state index in [-0.39, 0.29) is 11.9 Å². The number of aromatic nitrogens is 2. The van der Waals surface area contributed by atoms with Crippen LogP contribution in [-0.2, 0) is 12.8 Å². The molecule has 1 aromatic heterocycles. The highest BCUT2D eigenvalue weighted by atomic mass is 16.1. The van der Waals surface area contributed by atoms with Crippen molar-refractivity contribution in [2.24, 2.45) is 0 Å². The Labute approximate surface area is 134 Å². The Morgan fingerprint density at radius 1 is 1.22 bits per heavy atom. The minimum Gasteiger partial charge on any atom is -0.349 e. The second-order valence-corrected chi connectivity index (χ2v) is 6.24. The number of aromatic amines is 1. The fourth-order valence-corrected chi connectivity index (χ4v) is 3.36. The van der Waals surface area contributed by atoms with Crippen molar-refractivity contribution < 1.29 is 4.79 Å². The summed E-state index contributed by atoms with van der Waals surface area (Å²) in [7, 11) is 0. The van der Waals surface area contributed by atoms with Crippen LogP contribution in [0.25, 0.3) is 11.0 Å². The molecule has 3 aromatic rings. The molecule has 23 heavy (non-hydrogen) atoms. The third-order valence-corrected chi connectivity index (χ3v) is 4.55. The van der Waals surface area contributed by atoms with Gasteiger partial charge in [-0.2, -0.15) is 0 Å². The van der Waals surface area contributed by atoms with E-state index in [1.54, 1.807) is 0 Å². The summed E-state index contributed by atoms with van der Waals surface area (Å²) in [6, 6.07) is 14.3. The molecule has 0 fully saturated rings. The highest BCUT2D eigenvalue weighted by molar-refractivity contribution is 5.97. The van der Waals surface area contributed by atoms with Crippen molar-refractivity contribution in [3.63, 3.8) is 0 Å². The molecule has 1 aliphatic rings. The predicted octanol–water partition coefficient (Wildman–Crippen LogP) is 3.16. The van der Waals surface area contributed by atoms with Crippen molar-refractivity contribution in [3.8, 4) is 0 Å². The molecule has 0 bridgehead atoms. The highest BCUT2D eigenvalue weighted by Gasteiger charge is 2.20. The molecule has 2 aromatic carbocycles. The minimum atomic E-state index is -0.0167. The van der Waals surface area contributed by atoms with E-state index in [2.05, 4.69) is 39.6 Å². The summed E-state index contributed by atoms with van der Waals surface area (Å²) in [5, 5.41) is 3.17. The van der Waals surface area contributed by atoms with Crippen LogP contribution in [0.5, 0.6) is 0 Å². The third kappa shape index (κ3) is 2.72. The fourth-order valence-electron chi connectivity index (χ4n) is 3.36. The van der Waals surface area contributed by atoms with Crippen LogP contribution >= 0.6 is 0 Å².